The minimum Gasteiger partial charge on any atom is -0.467 e. The highest BCUT2D eigenvalue weighted by atomic mass is 35.5. The molecule has 0 radical (unpaired) electrons. The molecule has 0 bridgehead atoms. The number of aryl methyl sites for hydroxylation is 1. The third kappa shape index (κ3) is 3.01. The summed E-state index contributed by atoms with van der Waals surface area (Å²) in [6.45, 7) is 2.78. The highest BCUT2D eigenvalue weighted by molar-refractivity contribution is 5.85. The molecule has 2 aromatic heterocycles. The van der Waals surface area contributed by atoms with Crippen LogP contribution in [0.5, 0.6) is 0 Å². The van der Waals surface area contributed by atoms with E-state index in [0.29, 0.717) is 6.54 Å². The van der Waals surface area contributed by atoms with Crippen molar-refractivity contribution >= 4 is 29.1 Å². The van der Waals surface area contributed by atoms with E-state index in [4.69, 9.17) is 4.42 Å². The zero-order valence-corrected chi connectivity index (χ0v) is 14.1. The van der Waals surface area contributed by atoms with Crippen molar-refractivity contribution in [3.8, 4) is 5.69 Å². The van der Waals surface area contributed by atoms with Crippen LogP contribution in [0.1, 0.15) is 11.3 Å². The monoisotopic (exact) mass is 339 g/mol. The van der Waals surface area contributed by atoms with Crippen molar-refractivity contribution in [1.29, 1.82) is 0 Å². The summed E-state index contributed by atoms with van der Waals surface area (Å²) < 4.78 is 7.46. The minimum absolute atomic E-state index is 0. The number of benzene rings is 2. The van der Waals surface area contributed by atoms with E-state index in [-0.39, 0.29) is 12.4 Å². The summed E-state index contributed by atoms with van der Waals surface area (Å²) >= 11 is 0. The maximum Gasteiger partial charge on any atom is 0.122 e. The molecule has 0 fully saturated rings. The summed E-state index contributed by atoms with van der Waals surface area (Å²) in [4.78, 5) is 4.54. The van der Waals surface area contributed by atoms with Gasteiger partial charge >= 0.3 is 0 Å². The molecule has 0 unspecified atom stereocenters. The van der Waals surface area contributed by atoms with E-state index in [0.717, 1.165) is 28.2 Å². The van der Waals surface area contributed by atoms with Crippen LogP contribution in [0.3, 0.4) is 0 Å². The van der Waals surface area contributed by atoms with E-state index >= 15 is 0 Å². The van der Waals surface area contributed by atoms with Crippen molar-refractivity contribution in [3.63, 3.8) is 0 Å². The molecule has 24 heavy (non-hydrogen) atoms. The first-order valence-electron chi connectivity index (χ1n) is 7.60. The van der Waals surface area contributed by atoms with E-state index in [2.05, 4.69) is 58.2 Å². The smallest absolute Gasteiger partial charge is 0.122 e. The molecule has 5 heteroatoms. The van der Waals surface area contributed by atoms with Crippen LogP contribution in [0, 0.1) is 6.92 Å². The minimum atomic E-state index is 0. The molecular formula is C19H18ClN3O. The number of hydrogen-bond acceptors (Lipinski definition) is 3. The Morgan fingerprint density at radius 1 is 1.08 bits per heavy atom. The van der Waals surface area contributed by atoms with Gasteiger partial charge in [0.05, 0.1) is 29.5 Å². The molecule has 4 nitrogen and oxygen atoms in total. The fourth-order valence-electron chi connectivity index (χ4n) is 2.75. The fourth-order valence-corrected chi connectivity index (χ4v) is 2.75. The molecular weight excluding hydrogens is 322 g/mol. The largest absolute Gasteiger partial charge is 0.467 e. The topological polar surface area (TPSA) is 43.0 Å². The number of imidazole rings is 1. The van der Waals surface area contributed by atoms with Crippen LogP contribution in [0.4, 0.5) is 5.69 Å². The predicted octanol–water partition coefficient (Wildman–Crippen LogP) is 4.96. The quantitative estimate of drug-likeness (QED) is 0.571. The van der Waals surface area contributed by atoms with Gasteiger partial charge in [0.2, 0.25) is 0 Å². The first kappa shape index (κ1) is 16.1. The van der Waals surface area contributed by atoms with E-state index in [1.165, 1.54) is 5.56 Å². The van der Waals surface area contributed by atoms with Crippen LogP contribution in [0.15, 0.2) is 71.6 Å². The first-order valence-corrected chi connectivity index (χ1v) is 7.60. The van der Waals surface area contributed by atoms with Gasteiger partial charge in [0, 0.05) is 5.69 Å². The second kappa shape index (κ2) is 6.81. The van der Waals surface area contributed by atoms with Crippen LogP contribution in [0.25, 0.3) is 16.7 Å². The lowest BCUT2D eigenvalue weighted by Crippen LogP contribution is -1.98. The Kier molecular flexibility index (Phi) is 4.58. The average molecular weight is 340 g/mol. The zero-order valence-electron chi connectivity index (χ0n) is 13.3. The Balaban J connectivity index is 0.00000169. The van der Waals surface area contributed by atoms with Gasteiger partial charge in [-0.25, -0.2) is 4.98 Å². The van der Waals surface area contributed by atoms with Crippen LogP contribution in [0.2, 0.25) is 0 Å². The molecule has 0 amide bonds. The molecule has 0 atom stereocenters. The van der Waals surface area contributed by atoms with E-state index in [1.807, 2.05) is 24.5 Å². The van der Waals surface area contributed by atoms with Gasteiger partial charge in [-0.15, -0.1) is 12.4 Å². The lowest BCUT2D eigenvalue weighted by molar-refractivity contribution is 0.518. The molecule has 0 saturated heterocycles. The van der Waals surface area contributed by atoms with Crippen LogP contribution < -0.4 is 5.32 Å². The van der Waals surface area contributed by atoms with Crippen LogP contribution >= 0.6 is 12.4 Å². The Labute approximate surface area is 146 Å². The SMILES string of the molecule is Cc1ccccc1-n1cnc2cc(NCc3ccco3)ccc21.Cl. The number of furan rings is 1. The van der Waals surface area contributed by atoms with E-state index in [1.54, 1.807) is 6.26 Å². The number of aromatic nitrogens is 2. The standard InChI is InChI=1S/C19H17N3O.ClH/c1-14-5-2-3-7-18(14)22-13-21-17-11-15(8-9-19(17)22)20-12-16-6-4-10-23-16;/h2-11,13,20H,12H2,1H3;1H. The summed E-state index contributed by atoms with van der Waals surface area (Å²) in [5.74, 6) is 0.913. The molecule has 0 saturated carbocycles. The van der Waals surface area contributed by atoms with Crippen molar-refractivity contribution < 1.29 is 4.42 Å². The maximum absolute atomic E-state index is 5.34. The number of nitrogens with zero attached hydrogens (tertiary/aromatic N) is 2. The van der Waals surface area contributed by atoms with Gasteiger partial charge in [0.1, 0.15) is 12.1 Å². The van der Waals surface area contributed by atoms with Crippen molar-refractivity contribution in [2.45, 2.75) is 13.5 Å². The number of nitrogens with one attached hydrogen (secondary N) is 1. The van der Waals surface area contributed by atoms with Gasteiger partial charge in [0.15, 0.2) is 0 Å². The number of rotatable bonds is 4. The highest BCUT2D eigenvalue weighted by Crippen LogP contribution is 2.23. The summed E-state index contributed by atoms with van der Waals surface area (Å²) in [6, 6.07) is 18.4. The molecule has 122 valence electrons. The van der Waals surface area contributed by atoms with E-state index < -0.39 is 0 Å². The summed E-state index contributed by atoms with van der Waals surface area (Å²) in [6.07, 6.45) is 3.56. The first-order chi connectivity index (χ1) is 11.3. The second-order valence-electron chi connectivity index (χ2n) is 5.54. The lowest BCUT2D eigenvalue weighted by atomic mass is 10.2. The third-order valence-corrected chi connectivity index (χ3v) is 3.97. The number of fused-ring (bicyclic) bond motifs is 1. The maximum atomic E-state index is 5.34. The zero-order chi connectivity index (χ0) is 15.6. The van der Waals surface area contributed by atoms with Crippen molar-refractivity contribution in [3.05, 3.63) is 78.5 Å². The molecule has 4 rings (SSSR count). The Morgan fingerprint density at radius 3 is 2.75 bits per heavy atom. The molecule has 4 aromatic rings. The predicted molar refractivity (Wildman–Crippen MR) is 99.1 cm³/mol. The summed E-state index contributed by atoms with van der Waals surface area (Å²) in [5, 5.41) is 3.36. The molecule has 0 aliphatic rings. The number of hydrogen-bond donors (Lipinski definition) is 1. The van der Waals surface area contributed by atoms with Gasteiger partial charge < -0.3 is 9.73 Å². The van der Waals surface area contributed by atoms with E-state index in [9.17, 15) is 0 Å². The molecule has 0 aliphatic carbocycles. The summed E-state index contributed by atoms with van der Waals surface area (Å²) in [7, 11) is 0. The average Bonchev–Trinajstić information content (AvgIpc) is 3.22. The van der Waals surface area contributed by atoms with Gasteiger partial charge in [-0.3, -0.25) is 4.57 Å². The second-order valence-corrected chi connectivity index (χ2v) is 5.54. The molecule has 2 heterocycles. The van der Waals surface area contributed by atoms with Crippen LogP contribution in [-0.2, 0) is 6.54 Å². The van der Waals surface area contributed by atoms with Gasteiger partial charge in [-0.05, 0) is 48.9 Å². The number of halogens is 1. The normalized spacial score (nSPS) is 10.5. The van der Waals surface area contributed by atoms with Gasteiger partial charge in [0.25, 0.3) is 0 Å². The van der Waals surface area contributed by atoms with Crippen molar-refractivity contribution in [1.82, 2.24) is 9.55 Å². The van der Waals surface area contributed by atoms with Crippen molar-refractivity contribution in [2.75, 3.05) is 5.32 Å². The molecule has 0 spiro atoms. The number of para-hydroxylation sites is 1. The Morgan fingerprint density at radius 2 is 1.96 bits per heavy atom. The lowest BCUT2D eigenvalue weighted by Gasteiger charge is -2.08. The number of anilines is 1. The summed E-state index contributed by atoms with van der Waals surface area (Å²) in [5.41, 5.74) is 5.49. The fraction of sp³-hybridized carbons (Fsp3) is 0.105. The van der Waals surface area contributed by atoms with Gasteiger partial charge in [-0.2, -0.15) is 0 Å². The molecule has 1 N–H and O–H groups in total. The Bertz CT molecular complexity index is 944. The third-order valence-electron chi connectivity index (χ3n) is 3.97. The van der Waals surface area contributed by atoms with Crippen LogP contribution in [-0.4, -0.2) is 9.55 Å². The highest BCUT2D eigenvalue weighted by Gasteiger charge is 2.07. The van der Waals surface area contributed by atoms with Crippen molar-refractivity contribution in [2.24, 2.45) is 0 Å². The molecule has 2 aromatic carbocycles. The molecule has 0 aliphatic heterocycles. The Hall–Kier alpha value is -2.72. The van der Waals surface area contributed by atoms with Gasteiger partial charge in [-0.1, -0.05) is 18.2 Å².